The SMILES string of the molecule is CC.Cc1ccccc1.OC1CC2CCC1CN2. The van der Waals surface area contributed by atoms with Gasteiger partial charge in [-0.25, -0.2) is 0 Å². The van der Waals surface area contributed by atoms with E-state index in [0.717, 1.165) is 13.0 Å². The number of piperidine rings is 2. The van der Waals surface area contributed by atoms with Gasteiger partial charge in [-0.3, -0.25) is 0 Å². The minimum atomic E-state index is 0.00463. The maximum atomic E-state index is 9.36. The molecule has 1 aromatic rings. The Hall–Kier alpha value is -0.860. The Morgan fingerprint density at radius 1 is 1.11 bits per heavy atom. The van der Waals surface area contributed by atoms with Gasteiger partial charge in [-0.15, -0.1) is 0 Å². The van der Waals surface area contributed by atoms with Crippen LogP contribution in [-0.4, -0.2) is 23.8 Å². The van der Waals surface area contributed by atoms with Crippen LogP contribution in [0.2, 0.25) is 0 Å². The molecule has 3 atom stereocenters. The highest BCUT2D eigenvalue weighted by Gasteiger charge is 2.33. The summed E-state index contributed by atoms with van der Waals surface area (Å²) in [5, 5.41) is 12.7. The second-order valence-electron chi connectivity index (χ2n) is 4.90. The van der Waals surface area contributed by atoms with Crippen LogP contribution in [0, 0.1) is 12.8 Å². The third-order valence-corrected chi connectivity index (χ3v) is 3.57. The largest absolute Gasteiger partial charge is 0.393 e. The topological polar surface area (TPSA) is 32.3 Å². The summed E-state index contributed by atoms with van der Waals surface area (Å²) in [6.07, 6.45) is 3.51. The van der Waals surface area contributed by atoms with E-state index in [-0.39, 0.29) is 6.10 Å². The number of aryl methyl sites for hydroxylation is 1. The van der Waals surface area contributed by atoms with Gasteiger partial charge >= 0.3 is 0 Å². The van der Waals surface area contributed by atoms with Gasteiger partial charge in [-0.2, -0.15) is 0 Å². The number of nitrogens with one attached hydrogen (secondary N) is 1. The smallest absolute Gasteiger partial charge is 0.0595 e. The van der Waals surface area contributed by atoms with Crippen LogP contribution >= 0.6 is 0 Å². The summed E-state index contributed by atoms with van der Waals surface area (Å²) >= 11 is 0. The lowest BCUT2D eigenvalue weighted by atomic mass is 9.79. The molecule has 0 radical (unpaired) electrons. The van der Waals surface area contributed by atoms with Crippen molar-refractivity contribution in [1.29, 1.82) is 0 Å². The number of hydrogen-bond acceptors (Lipinski definition) is 2. The molecule has 2 N–H and O–H groups in total. The predicted octanol–water partition coefficient (Wildman–Crippen LogP) is 3.14. The molecule has 2 heteroatoms. The number of hydrogen-bond donors (Lipinski definition) is 2. The van der Waals surface area contributed by atoms with Gasteiger partial charge < -0.3 is 10.4 Å². The molecule has 102 valence electrons. The summed E-state index contributed by atoms with van der Waals surface area (Å²) < 4.78 is 0. The van der Waals surface area contributed by atoms with Crippen LogP contribution in [0.1, 0.15) is 38.7 Å². The Bertz CT molecular complexity index is 304. The zero-order valence-corrected chi connectivity index (χ0v) is 11.9. The average Bonchev–Trinajstić information content (AvgIpc) is 2.44. The molecule has 2 aliphatic heterocycles. The summed E-state index contributed by atoms with van der Waals surface area (Å²) in [5.41, 5.74) is 1.32. The van der Waals surface area contributed by atoms with E-state index in [9.17, 15) is 5.11 Å². The van der Waals surface area contributed by atoms with E-state index in [1.54, 1.807) is 0 Å². The van der Waals surface area contributed by atoms with Gasteiger partial charge in [-0.05, 0) is 32.1 Å². The highest BCUT2D eigenvalue weighted by molar-refractivity contribution is 5.11. The molecule has 0 aromatic heterocycles. The normalized spacial score (nSPS) is 28.6. The van der Waals surface area contributed by atoms with Crippen LogP contribution in [0.25, 0.3) is 0 Å². The van der Waals surface area contributed by atoms with E-state index in [0.29, 0.717) is 12.0 Å². The minimum absolute atomic E-state index is 0.00463. The maximum absolute atomic E-state index is 9.36. The quantitative estimate of drug-likeness (QED) is 0.740. The van der Waals surface area contributed by atoms with Crippen LogP contribution in [0.5, 0.6) is 0 Å². The number of fused-ring (bicyclic) bond motifs is 3. The molecule has 4 rings (SSSR count). The minimum Gasteiger partial charge on any atom is -0.393 e. The maximum Gasteiger partial charge on any atom is 0.0595 e. The fourth-order valence-corrected chi connectivity index (χ4v) is 2.49. The molecule has 1 aromatic carbocycles. The van der Waals surface area contributed by atoms with Crippen molar-refractivity contribution in [2.75, 3.05) is 6.54 Å². The molecule has 3 unspecified atom stereocenters. The lowest BCUT2D eigenvalue weighted by molar-refractivity contribution is 0.0228. The monoisotopic (exact) mass is 249 g/mol. The molecular weight excluding hydrogens is 222 g/mol. The molecular formula is C16H27NO. The predicted molar refractivity (Wildman–Crippen MR) is 77.7 cm³/mol. The standard InChI is InChI=1S/C7H13NO.C7H8.C2H6/c9-7-3-6-2-1-5(7)4-8-6;1-7-5-3-2-4-6-7;1-2/h5-9H,1-4H2;2-6H,1H3;1-2H3. The highest BCUT2D eigenvalue weighted by atomic mass is 16.3. The van der Waals surface area contributed by atoms with Crippen LogP contribution in [0.3, 0.4) is 0 Å². The van der Waals surface area contributed by atoms with E-state index in [1.807, 2.05) is 32.0 Å². The molecule has 1 aliphatic carbocycles. The van der Waals surface area contributed by atoms with Crippen molar-refractivity contribution in [2.24, 2.45) is 5.92 Å². The lowest BCUT2D eigenvalue weighted by Gasteiger charge is -2.40. The van der Waals surface area contributed by atoms with E-state index >= 15 is 0 Å². The van der Waals surface area contributed by atoms with Crippen molar-refractivity contribution in [3.63, 3.8) is 0 Å². The van der Waals surface area contributed by atoms with Crippen molar-refractivity contribution in [2.45, 2.75) is 52.2 Å². The Morgan fingerprint density at radius 3 is 2.00 bits per heavy atom. The van der Waals surface area contributed by atoms with Gasteiger partial charge in [0.25, 0.3) is 0 Å². The number of benzene rings is 1. The number of rotatable bonds is 0. The molecule has 3 aliphatic rings. The van der Waals surface area contributed by atoms with Crippen molar-refractivity contribution in [3.8, 4) is 0 Å². The van der Waals surface area contributed by atoms with Crippen molar-refractivity contribution in [3.05, 3.63) is 35.9 Å². The molecule has 0 amide bonds. The first-order valence-corrected chi connectivity index (χ1v) is 7.19. The summed E-state index contributed by atoms with van der Waals surface area (Å²) in [6, 6.07) is 10.9. The van der Waals surface area contributed by atoms with Crippen molar-refractivity contribution in [1.82, 2.24) is 5.32 Å². The van der Waals surface area contributed by atoms with Gasteiger partial charge in [0.15, 0.2) is 0 Å². The molecule has 3 fully saturated rings. The van der Waals surface area contributed by atoms with Gasteiger partial charge in [-0.1, -0.05) is 49.7 Å². The second kappa shape index (κ2) is 8.28. The first kappa shape index (κ1) is 15.2. The summed E-state index contributed by atoms with van der Waals surface area (Å²) in [4.78, 5) is 0. The lowest BCUT2D eigenvalue weighted by Crippen LogP contribution is -2.51. The number of aliphatic hydroxyl groups is 1. The molecule has 2 bridgehead atoms. The second-order valence-corrected chi connectivity index (χ2v) is 4.90. The third kappa shape index (κ3) is 4.79. The molecule has 2 saturated heterocycles. The zero-order valence-electron chi connectivity index (χ0n) is 11.9. The molecule has 2 heterocycles. The van der Waals surface area contributed by atoms with E-state index in [1.165, 1.54) is 18.4 Å². The highest BCUT2D eigenvalue weighted by Crippen LogP contribution is 2.28. The summed E-state index contributed by atoms with van der Waals surface area (Å²) in [5.74, 6) is 0.565. The Labute approximate surface area is 111 Å². The van der Waals surface area contributed by atoms with Gasteiger partial charge in [0.2, 0.25) is 0 Å². The molecule has 0 spiro atoms. The van der Waals surface area contributed by atoms with E-state index < -0.39 is 0 Å². The van der Waals surface area contributed by atoms with Gasteiger partial charge in [0.1, 0.15) is 0 Å². The van der Waals surface area contributed by atoms with E-state index in [2.05, 4.69) is 24.4 Å². The van der Waals surface area contributed by atoms with Crippen molar-refractivity contribution < 1.29 is 5.11 Å². The average molecular weight is 249 g/mol. The fourth-order valence-electron chi connectivity index (χ4n) is 2.49. The zero-order chi connectivity index (χ0) is 13.4. The summed E-state index contributed by atoms with van der Waals surface area (Å²) in [7, 11) is 0. The van der Waals surface area contributed by atoms with Gasteiger partial charge in [0, 0.05) is 12.6 Å². The first-order chi connectivity index (χ1) is 8.75. The Balaban J connectivity index is 0.000000163. The van der Waals surface area contributed by atoms with E-state index in [4.69, 9.17) is 0 Å². The third-order valence-electron chi connectivity index (χ3n) is 3.57. The van der Waals surface area contributed by atoms with Gasteiger partial charge in [0.05, 0.1) is 6.10 Å². The number of aliphatic hydroxyl groups excluding tert-OH is 1. The van der Waals surface area contributed by atoms with Crippen LogP contribution < -0.4 is 5.32 Å². The Kier molecular flexibility index (Phi) is 6.99. The first-order valence-electron chi connectivity index (χ1n) is 7.19. The fraction of sp³-hybridized carbons (Fsp3) is 0.625. The van der Waals surface area contributed by atoms with Crippen LogP contribution in [-0.2, 0) is 0 Å². The van der Waals surface area contributed by atoms with Crippen molar-refractivity contribution >= 4 is 0 Å². The van der Waals surface area contributed by atoms with Crippen LogP contribution in [0.4, 0.5) is 0 Å². The molecule has 1 saturated carbocycles. The Morgan fingerprint density at radius 2 is 1.78 bits per heavy atom. The molecule has 2 nitrogen and oxygen atoms in total. The summed E-state index contributed by atoms with van der Waals surface area (Å²) in [6.45, 7) is 7.13. The molecule has 18 heavy (non-hydrogen) atoms. The van der Waals surface area contributed by atoms with Crippen LogP contribution in [0.15, 0.2) is 30.3 Å².